The largest absolute Gasteiger partial charge is 0.370 e. The van der Waals surface area contributed by atoms with Crippen LogP contribution in [0.1, 0.15) is 24.6 Å². The molecule has 1 aliphatic heterocycles. The zero-order valence-electron chi connectivity index (χ0n) is 7.68. The maximum Gasteiger partial charge on any atom is 0.118 e. The summed E-state index contributed by atoms with van der Waals surface area (Å²) in [5, 5.41) is 8.18. The first-order valence-electron chi connectivity index (χ1n) is 4.51. The molecule has 0 amide bonds. The van der Waals surface area contributed by atoms with E-state index in [9.17, 15) is 0 Å². The van der Waals surface area contributed by atoms with Crippen LogP contribution in [0.4, 0.5) is 0 Å². The summed E-state index contributed by atoms with van der Waals surface area (Å²) in [6, 6.07) is 0.0606. The van der Waals surface area contributed by atoms with Gasteiger partial charge in [0, 0.05) is 19.7 Å². The van der Waals surface area contributed by atoms with Crippen LogP contribution in [0.3, 0.4) is 0 Å². The number of rotatable bonds is 1. The van der Waals surface area contributed by atoms with Gasteiger partial charge in [0.15, 0.2) is 0 Å². The Morgan fingerprint density at radius 2 is 2.54 bits per heavy atom. The van der Waals surface area contributed by atoms with Gasteiger partial charge in [-0.3, -0.25) is 0 Å². The highest BCUT2D eigenvalue weighted by Crippen LogP contribution is 2.24. The molecule has 2 N–H and O–H groups in total. The van der Waals surface area contributed by atoms with Crippen molar-refractivity contribution in [1.29, 1.82) is 0 Å². The summed E-state index contributed by atoms with van der Waals surface area (Å²) in [5.41, 5.74) is 6.76. The third-order valence-electron chi connectivity index (χ3n) is 2.28. The van der Waals surface area contributed by atoms with Crippen LogP contribution in [-0.4, -0.2) is 27.6 Å². The zero-order chi connectivity index (χ0) is 9.26. The number of aromatic nitrogens is 3. The van der Waals surface area contributed by atoms with Crippen molar-refractivity contribution in [3.63, 3.8) is 0 Å². The van der Waals surface area contributed by atoms with Gasteiger partial charge >= 0.3 is 0 Å². The molecule has 2 unspecified atom stereocenters. The van der Waals surface area contributed by atoms with Crippen molar-refractivity contribution in [2.75, 3.05) is 6.61 Å². The van der Waals surface area contributed by atoms with Gasteiger partial charge in [-0.15, -0.1) is 0 Å². The van der Waals surface area contributed by atoms with Crippen molar-refractivity contribution >= 4 is 0 Å². The second-order valence-electron chi connectivity index (χ2n) is 3.36. The van der Waals surface area contributed by atoms with Gasteiger partial charge in [-0.05, 0) is 12.8 Å². The molecule has 5 heteroatoms. The molecule has 1 fully saturated rings. The zero-order valence-corrected chi connectivity index (χ0v) is 7.68. The number of hydrogen-bond acceptors (Lipinski definition) is 4. The van der Waals surface area contributed by atoms with Gasteiger partial charge in [0.25, 0.3) is 0 Å². The lowest BCUT2D eigenvalue weighted by atomic mass is 10.0. The van der Waals surface area contributed by atoms with Gasteiger partial charge in [-0.1, -0.05) is 0 Å². The molecule has 13 heavy (non-hydrogen) atoms. The Hall–Kier alpha value is -0.940. The smallest absolute Gasteiger partial charge is 0.118 e. The second-order valence-corrected chi connectivity index (χ2v) is 3.36. The molecule has 2 heterocycles. The summed E-state index contributed by atoms with van der Waals surface area (Å²) in [4.78, 5) is 1.53. The fourth-order valence-electron chi connectivity index (χ4n) is 1.60. The van der Waals surface area contributed by atoms with Crippen molar-refractivity contribution in [3.8, 4) is 0 Å². The van der Waals surface area contributed by atoms with Crippen molar-refractivity contribution in [1.82, 2.24) is 15.0 Å². The lowest BCUT2D eigenvalue weighted by Crippen LogP contribution is -2.34. The highest BCUT2D eigenvalue weighted by molar-refractivity contribution is 5.02. The highest BCUT2D eigenvalue weighted by Gasteiger charge is 2.26. The summed E-state index contributed by atoms with van der Waals surface area (Å²) >= 11 is 0. The van der Waals surface area contributed by atoms with E-state index in [1.54, 1.807) is 13.2 Å². The van der Waals surface area contributed by atoms with Crippen molar-refractivity contribution in [3.05, 3.63) is 11.9 Å². The fraction of sp³-hybridized carbons (Fsp3) is 0.750. The van der Waals surface area contributed by atoms with E-state index >= 15 is 0 Å². The van der Waals surface area contributed by atoms with E-state index in [0.29, 0.717) is 0 Å². The topological polar surface area (TPSA) is 66.0 Å². The van der Waals surface area contributed by atoms with Gasteiger partial charge in [0.1, 0.15) is 11.8 Å². The second kappa shape index (κ2) is 3.43. The predicted octanol–water partition coefficient (Wildman–Crippen LogP) is -0.00610. The summed E-state index contributed by atoms with van der Waals surface area (Å²) in [5.74, 6) is 0. The minimum Gasteiger partial charge on any atom is -0.370 e. The quantitative estimate of drug-likeness (QED) is 0.663. The molecule has 2 atom stereocenters. The van der Waals surface area contributed by atoms with Crippen LogP contribution >= 0.6 is 0 Å². The molecule has 72 valence electrons. The lowest BCUT2D eigenvalue weighted by molar-refractivity contribution is -0.00272. The Morgan fingerprint density at radius 3 is 3.15 bits per heavy atom. The van der Waals surface area contributed by atoms with E-state index in [0.717, 1.165) is 25.1 Å². The fourth-order valence-corrected chi connectivity index (χ4v) is 1.60. The first-order chi connectivity index (χ1) is 6.27. The standard InChI is InChI=1S/C8H14N4O/c1-12-10-5-7(11-12)8-6(9)3-2-4-13-8/h5-6,8H,2-4,9H2,1H3. The Kier molecular flexibility index (Phi) is 2.28. The van der Waals surface area contributed by atoms with Crippen molar-refractivity contribution < 1.29 is 4.74 Å². The monoisotopic (exact) mass is 182 g/mol. The number of ether oxygens (including phenoxy) is 1. The normalized spacial score (nSPS) is 29.1. The van der Waals surface area contributed by atoms with Crippen LogP contribution in [0.25, 0.3) is 0 Å². The van der Waals surface area contributed by atoms with Crippen LogP contribution < -0.4 is 5.73 Å². The third kappa shape index (κ3) is 1.71. The van der Waals surface area contributed by atoms with Gasteiger partial charge in [-0.2, -0.15) is 15.0 Å². The van der Waals surface area contributed by atoms with Gasteiger partial charge in [-0.25, -0.2) is 0 Å². The molecule has 5 nitrogen and oxygen atoms in total. The molecule has 0 aliphatic carbocycles. The first-order valence-corrected chi connectivity index (χ1v) is 4.51. The molecule has 0 bridgehead atoms. The van der Waals surface area contributed by atoms with E-state index in [1.807, 2.05) is 0 Å². The minimum atomic E-state index is -0.0672. The van der Waals surface area contributed by atoms with Crippen LogP contribution in [0, 0.1) is 0 Å². The highest BCUT2D eigenvalue weighted by atomic mass is 16.5. The summed E-state index contributed by atoms with van der Waals surface area (Å²) in [6.07, 6.45) is 3.69. The first kappa shape index (κ1) is 8.65. The summed E-state index contributed by atoms with van der Waals surface area (Å²) in [6.45, 7) is 0.773. The maximum absolute atomic E-state index is 5.92. The van der Waals surface area contributed by atoms with Gasteiger partial charge in [0.2, 0.25) is 0 Å². The van der Waals surface area contributed by atoms with Crippen LogP contribution in [0.5, 0.6) is 0 Å². The molecule has 1 aromatic rings. The molecule has 0 spiro atoms. The average Bonchev–Trinajstić information content (AvgIpc) is 2.53. The van der Waals surface area contributed by atoms with Crippen LogP contribution in [0.2, 0.25) is 0 Å². The molecule has 1 saturated heterocycles. The third-order valence-corrected chi connectivity index (χ3v) is 2.28. The molecular weight excluding hydrogens is 168 g/mol. The SMILES string of the molecule is Cn1ncc(C2OCCCC2N)n1. The average molecular weight is 182 g/mol. The molecule has 2 rings (SSSR count). The molecule has 0 saturated carbocycles. The number of hydrogen-bond donors (Lipinski definition) is 1. The lowest BCUT2D eigenvalue weighted by Gasteiger charge is -2.27. The number of nitrogens with two attached hydrogens (primary N) is 1. The van der Waals surface area contributed by atoms with Gasteiger partial charge in [0.05, 0.1) is 6.20 Å². The number of nitrogens with zero attached hydrogens (tertiary/aromatic N) is 3. The van der Waals surface area contributed by atoms with E-state index in [2.05, 4.69) is 10.2 Å². The molecule has 1 aliphatic rings. The molecule has 1 aromatic heterocycles. The predicted molar refractivity (Wildman–Crippen MR) is 46.9 cm³/mol. The minimum absolute atomic E-state index is 0.0606. The van der Waals surface area contributed by atoms with Crippen molar-refractivity contribution in [2.45, 2.75) is 25.0 Å². The Balaban J connectivity index is 2.14. The summed E-state index contributed by atoms with van der Waals surface area (Å²) < 4.78 is 5.55. The Bertz CT molecular complexity index is 285. The molecule has 0 aromatic carbocycles. The van der Waals surface area contributed by atoms with Crippen LogP contribution in [0.15, 0.2) is 6.20 Å². The molecule has 0 radical (unpaired) electrons. The van der Waals surface area contributed by atoms with E-state index in [1.165, 1.54) is 4.80 Å². The van der Waals surface area contributed by atoms with Crippen LogP contribution in [-0.2, 0) is 11.8 Å². The van der Waals surface area contributed by atoms with E-state index in [4.69, 9.17) is 10.5 Å². The van der Waals surface area contributed by atoms with E-state index < -0.39 is 0 Å². The van der Waals surface area contributed by atoms with Crippen molar-refractivity contribution in [2.24, 2.45) is 12.8 Å². The summed E-state index contributed by atoms with van der Waals surface area (Å²) in [7, 11) is 1.79. The number of aryl methyl sites for hydroxylation is 1. The van der Waals surface area contributed by atoms with E-state index in [-0.39, 0.29) is 12.1 Å². The maximum atomic E-state index is 5.92. The Labute approximate surface area is 76.9 Å². The Morgan fingerprint density at radius 1 is 1.69 bits per heavy atom. The molecular formula is C8H14N4O. The van der Waals surface area contributed by atoms with Gasteiger partial charge < -0.3 is 10.5 Å².